The fourth-order valence-corrected chi connectivity index (χ4v) is 2.81. The van der Waals surface area contributed by atoms with Gasteiger partial charge in [-0.1, -0.05) is 19.1 Å². The fourth-order valence-electron chi connectivity index (χ4n) is 2.81. The average Bonchev–Trinajstić information content (AvgIpc) is 3.07. The molecule has 1 saturated heterocycles. The molecule has 1 fully saturated rings. The molecule has 1 amide bonds. The molecule has 0 aromatic heterocycles. The van der Waals surface area contributed by atoms with E-state index in [1.54, 1.807) is 7.05 Å². The van der Waals surface area contributed by atoms with Crippen molar-refractivity contribution in [2.75, 3.05) is 26.7 Å². The Labute approximate surface area is 144 Å². The van der Waals surface area contributed by atoms with Crippen LogP contribution in [0.2, 0.25) is 0 Å². The minimum absolute atomic E-state index is 0.218. The van der Waals surface area contributed by atoms with Gasteiger partial charge in [-0.3, -0.25) is 9.79 Å². The van der Waals surface area contributed by atoms with Crippen LogP contribution in [0.4, 0.5) is 0 Å². The fraction of sp³-hybridized carbons (Fsp3) is 0.556. The first-order chi connectivity index (χ1) is 11.7. The van der Waals surface area contributed by atoms with Crippen LogP contribution in [0, 0.1) is 0 Å². The second-order valence-corrected chi connectivity index (χ2v) is 5.83. The van der Waals surface area contributed by atoms with Crippen molar-refractivity contribution < 1.29 is 9.53 Å². The maximum Gasteiger partial charge on any atom is 0.222 e. The van der Waals surface area contributed by atoms with E-state index in [9.17, 15) is 4.79 Å². The largest absolute Gasteiger partial charge is 0.494 e. The molecule has 0 aliphatic carbocycles. The lowest BCUT2D eigenvalue weighted by Gasteiger charge is -2.19. The first-order valence-corrected chi connectivity index (χ1v) is 8.63. The number of nitrogens with zero attached hydrogens (tertiary/aromatic N) is 2. The highest BCUT2D eigenvalue weighted by Gasteiger charge is 2.25. The molecule has 2 rings (SSSR count). The summed E-state index contributed by atoms with van der Waals surface area (Å²) in [6, 6.07) is 8.28. The van der Waals surface area contributed by atoms with Crippen LogP contribution in [-0.2, 0) is 11.3 Å². The summed E-state index contributed by atoms with van der Waals surface area (Å²) in [5, 5.41) is 6.72. The van der Waals surface area contributed by atoms with Gasteiger partial charge < -0.3 is 20.3 Å². The van der Waals surface area contributed by atoms with Crippen LogP contribution in [0.5, 0.6) is 5.75 Å². The topological polar surface area (TPSA) is 66.0 Å². The minimum atomic E-state index is 0.218. The van der Waals surface area contributed by atoms with Crippen LogP contribution < -0.4 is 15.4 Å². The number of benzene rings is 1. The van der Waals surface area contributed by atoms with Gasteiger partial charge in [0, 0.05) is 39.1 Å². The van der Waals surface area contributed by atoms with E-state index >= 15 is 0 Å². The quantitative estimate of drug-likeness (QED) is 0.615. The van der Waals surface area contributed by atoms with Gasteiger partial charge in [-0.15, -0.1) is 0 Å². The summed E-state index contributed by atoms with van der Waals surface area (Å²) >= 11 is 0. The van der Waals surface area contributed by atoms with Crippen molar-refractivity contribution >= 4 is 11.9 Å². The third kappa shape index (κ3) is 5.15. The van der Waals surface area contributed by atoms with Crippen LogP contribution in [0.1, 0.15) is 32.3 Å². The molecule has 6 heteroatoms. The van der Waals surface area contributed by atoms with Gasteiger partial charge in [-0.25, -0.2) is 0 Å². The highest BCUT2D eigenvalue weighted by molar-refractivity contribution is 5.80. The van der Waals surface area contributed by atoms with E-state index in [0.717, 1.165) is 36.8 Å². The molecular weight excluding hydrogens is 304 g/mol. The summed E-state index contributed by atoms with van der Waals surface area (Å²) in [7, 11) is 1.76. The summed E-state index contributed by atoms with van der Waals surface area (Å²) in [5.41, 5.74) is 1.14. The molecule has 1 aliphatic heterocycles. The zero-order valence-electron chi connectivity index (χ0n) is 14.8. The van der Waals surface area contributed by atoms with Crippen LogP contribution in [-0.4, -0.2) is 49.6 Å². The Kier molecular flexibility index (Phi) is 6.90. The van der Waals surface area contributed by atoms with Gasteiger partial charge in [0.15, 0.2) is 5.96 Å². The molecule has 0 radical (unpaired) electrons. The number of ether oxygens (including phenoxy) is 1. The molecule has 0 bridgehead atoms. The van der Waals surface area contributed by atoms with Crippen molar-refractivity contribution in [3.8, 4) is 5.75 Å². The van der Waals surface area contributed by atoms with E-state index in [2.05, 4.69) is 21.7 Å². The maximum atomic E-state index is 11.8. The molecule has 1 aromatic rings. The lowest BCUT2D eigenvalue weighted by molar-refractivity contribution is -0.129. The van der Waals surface area contributed by atoms with Crippen molar-refractivity contribution in [3.63, 3.8) is 0 Å². The third-order valence-corrected chi connectivity index (χ3v) is 4.08. The second-order valence-electron chi connectivity index (χ2n) is 5.83. The van der Waals surface area contributed by atoms with Gasteiger partial charge >= 0.3 is 0 Å². The monoisotopic (exact) mass is 332 g/mol. The zero-order chi connectivity index (χ0) is 17.4. The summed E-state index contributed by atoms with van der Waals surface area (Å²) in [4.78, 5) is 17.9. The number of carbonyl (C=O) groups is 1. The van der Waals surface area contributed by atoms with E-state index in [0.29, 0.717) is 19.6 Å². The summed E-state index contributed by atoms with van der Waals surface area (Å²) in [5.74, 6) is 1.85. The van der Waals surface area contributed by atoms with Gasteiger partial charge in [0.25, 0.3) is 0 Å². The number of hydrogen-bond donors (Lipinski definition) is 2. The number of amides is 1. The number of carbonyl (C=O) groups excluding carboxylic acids is 1. The van der Waals surface area contributed by atoms with Crippen molar-refractivity contribution in [3.05, 3.63) is 29.8 Å². The van der Waals surface area contributed by atoms with Gasteiger partial charge in [-0.05, 0) is 31.0 Å². The van der Waals surface area contributed by atoms with Crippen molar-refractivity contribution in [1.29, 1.82) is 0 Å². The molecule has 1 aromatic carbocycles. The minimum Gasteiger partial charge on any atom is -0.494 e. The Hall–Kier alpha value is -2.24. The average molecular weight is 332 g/mol. The van der Waals surface area contributed by atoms with Crippen molar-refractivity contribution in [1.82, 2.24) is 15.5 Å². The molecule has 24 heavy (non-hydrogen) atoms. The first kappa shape index (κ1) is 18.1. The van der Waals surface area contributed by atoms with Crippen molar-refractivity contribution in [2.24, 2.45) is 4.99 Å². The number of nitrogens with one attached hydrogen (secondary N) is 2. The second kappa shape index (κ2) is 9.15. The Morgan fingerprint density at radius 2 is 2.25 bits per heavy atom. The van der Waals surface area contributed by atoms with E-state index in [1.807, 2.05) is 36.9 Å². The number of hydrogen-bond acceptors (Lipinski definition) is 3. The van der Waals surface area contributed by atoms with Crippen LogP contribution >= 0.6 is 0 Å². The lowest BCUT2D eigenvalue weighted by atomic mass is 10.2. The molecule has 0 saturated carbocycles. The van der Waals surface area contributed by atoms with Crippen LogP contribution in [0.3, 0.4) is 0 Å². The number of rotatable bonds is 6. The highest BCUT2D eigenvalue weighted by Crippen LogP contribution is 2.13. The Morgan fingerprint density at radius 3 is 2.96 bits per heavy atom. The standard InChI is InChI=1S/C18H28N4O2/c1-4-17(23)22-10-9-15(13-22)21-18(19-3)20-12-14-7-6-8-16(11-14)24-5-2/h6-8,11,15H,4-5,9-10,12-13H2,1-3H3,(H2,19,20,21). The van der Waals surface area contributed by atoms with E-state index in [4.69, 9.17) is 4.74 Å². The highest BCUT2D eigenvalue weighted by atomic mass is 16.5. The summed E-state index contributed by atoms with van der Waals surface area (Å²) in [6.07, 6.45) is 1.52. The molecule has 1 unspecified atom stereocenters. The number of guanidine groups is 1. The molecule has 2 N–H and O–H groups in total. The number of aliphatic imine (C=N–C) groups is 1. The molecule has 1 aliphatic rings. The zero-order valence-corrected chi connectivity index (χ0v) is 14.8. The smallest absolute Gasteiger partial charge is 0.222 e. The normalized spacial score (nSPS) is 17.7. The Bertz CT molecular complexity index is 574. The summed E-state index contributed by atoms with van der Waals surface area (Å²) in [6.45, 7) is 6.77. The Balaban J connectivity index is 1.83. The van der Waals surface area contributed by atoms with E-state index in [-0.39, 0.29) is 11.9 Å². The van der Waals surface area contributed by atoms with Crippen LogP contribution in [0.25, 0.3) is 0 Å². The van der Waals surface area contributed by atoms with Gasteiger partial charge in [0.05, 0.1) is 6.61 Å². The first-order valence-electron chi connectivity index (χ1n) is 8.63. The Morgan fingerprint density at radius 1 is 1.42 bits per heavy atom. The molecule has 1 heterocycles. The van der Waals surface area contributed by atoms with Gasteiger partial charge in [0.1, 0.15) is 5.75 Å². The molecule has 6 nitrogen and oxygen atoms in total. The molecule has 0 spiro atoms. The van der Waals surface area contributed by atoms with Crippen molar-refractivity contribution in [2.45, 2.75) is 39.3 Å². The molecule has 132 valence electrons. The van der Waals surface area contributed by atoms with E-state index in [1.165, 1.54) is 0 Å². The van der Waals surface area contributed by atoms with E-state index < -0.39 is 0 Å². The van der Waals surface area contributed by atoms with Crippen LogP contribution in [0.15, 0.2) is 29.3 Å². The van der Waals surface area contributed by atoms with Gasteiger partial charge in [0.2, 0.25) is 5.91 Å². The summed E-state index contributed by atoms with van der Waals surface area (Å²) < 4.78 is 5.52. The molecular formula is C18H28N4O2. The number of likely N-dealkylation sites (tertiary alicyclic amines) is 1. The third-order valence-electron chi connectivity index (χ3n) is 4.08. The van der Waals surface area contributed by atoms with Gasteiger partial charge in [-0.2, -0.15) is 0 Å². The molecule has 1 atom stereocenters. The SMILES string of the molecule is CCOc1cccc(CNC(=NC)NC2CCN(C(=O)CC)C2)c1. The predicted octanol–water partition coefficient (Wildman–Crippen LogP) is 1.76. The lowest BCUT2D eigenvalue weighted by Crippen LogP contribution is -2.44. The maximum absolute atomic E-state index is 11.8. The predicted molar refractivity (Wildman–Crippen MR) is 96.2 cm³/mol.